The summed E-state index contributed by atoms with van der Waals surface area (Å²) >= 11 is 0. The lowest BCUT2D eigenvalue weighted by molar-refractivity contribution is 0.100. The number of aromatic nitrogens is 1. The topological polar surface area (TPSA) is 59.2 Å². The zero-order chi connectivity index (χ0) is 15.4. The second kappa shape index (κ2) is 6.10. The number of primary amides is 1. The summed E-state index contributed by atoms with van der Waals surface area (Å²) in [7, 11) is 0. The summed E-state index contributed by atoms with van der Waals surface area (Å²) in [5.74, 6) is -0.431. The van der Waals surface area contributed by atoms with E-state index in [4.69, 9.17) is 5.73 Å². The Hall–Kier alpha value is -3.14. The number of carbonyl (C=O) groups is 1. The normalized spacial score (nSPS) is 10.2. The Labute approximate surface area is 128 Å². The van der Waals surface area contributed by atoms with Crippen LogP contribution in [-0.2, 0) is 0 Å². The SMILES string of the molecule is NC(=O)c1ccc(N(c2ccccc2)c2cccnc2)cc1. The van der Waals surface area contributed by atoms with Gasteiger partial charge in [0.15, 0.2) is 0 Å². The van der Waals surface area contributed by atoms with Gasteiger partial charge in [-0.1, -0.05) is 18.2 Å². The molecule has 2 aromatic carbocycles. The van der Waals surface area contributed by atoms with Crippen molar-refractivity contribution in [1.29, 1.82) is 0 Å². The number of nitrogens with two attached hydrogens (primary N) is 1. The van der Waals surface area contributed by atoms with Crippen molar-refractivity contribution in [2.75, 3.05) is 4.90 Å². The van der Waals surface area contributed by atoms with Gasteiger partial charge in [0.1, 0.15) is 0 Å². The van der Waals surface area contributed by atoms with E-state index in [2.05, 4.69) is 9.88 Å². The Kier molecular flexibility index (Phi) is 3.83. The summed E-state index contributed by atoms with van der Waals surface area (Å²) in [6.07, 6.45) is 3.54. The highest BCUT2D eigenvalue weighted by molar-refractivity contribution is 5.93. The van der Waals surface area contributed by atoms with Crippen molar-refractivity contribution in [3.05, 3.63) is 84.7 Å². The smallest absolute Gasteiger partial charge is 0.248 e. The van der Waals surface area contributed by atoms with Crippen LogP contribution in [0.2, 0.25) is 0 Å². The number of anilines is 3. The largest absolute Gasteiger partial charge is 0.366 e. The molecule has 1 amide bonds. The van der Waals surface area contributed by atoms with Gasteiger partial charge in [-0.2, -0.15) is 0 Å². The predicted molar refractivity (Wildman–Crippen MR) is 87.4 cm³/mol. The Morgan fingerprint density at radius 2 is 1.45 bits per heavy atom. The van der Waals surface area contributed by atoms with Crippen molar-refractivity contribution in [3.63, 3.8) is 0 Å². The molecular formula is C18H15N3O. The van der Waals surface area contributed by atoms with Gasteiger partial charge in [-0.3, -0.25) is 9.78 Å². The molecule has 0 atom stereocenters. The molecule has 0 unspecified atom stereocenters. The second-order valence-electron chi connectivity index (χ2n) is 4.79. The molecule has 0 saturated heterocycles. The minimum atomic E-state index is -0.431. The molecule has 4 nitrogen and oxygen atoms in total. The standard InChI is InChI=1S/C18H15N3O/c19-18(22)14-8-10-16(11-9-14)21(15-5-2-1-3-6-15)17-7-4-12-20-13-17/h1-13H,(H2,19,22). The van der Waals surface area contributed by atoms with Gasteiger partial charge in [-0.25, -0.2) is 0 Å². The van der Waals surface area contributed by atoms with Crippen LogP contribution in [0.15, 0.2) is 79.1 Å². The summed E-state index contributed by atoms with van der Waals surface area (Å²) in [4.78, 5) is 17.5. The van der Waals surface area contributed by atoms with Gasteiger partial charge in [0.05, 0.1) is 11.9 Å². The Balaban J connectivity index is 2.08. The third kappa shape index (κ3) is 2.81. The van der Waals surface area contributed by atoms with Gasteiger partial charge in [0.25, 0.3) is 0 Å². The minimum Gasteiger partial charge on any atom is -0.366 e. The molecule has 0 aliphatic rings. The van der Waals surface area contributed by atoms with E-state index in [-0.39, 0.29) is 0 Å². The molecule has 0 saturated carbocycles. The first-order valence-electron chi connectivity index (χ1n) is 6.91. The monoisotopic (exact) mass is 289 g/mol. The highest BCUT2D eigenvalue weighted by atomic mass is 16.1. The highest BCUT2D eigenvalue weighted by Crippen LogP contribution is 2.33. The predicted octanol–water partition coefficient (Wildman–Crippen LogP) is 3.65. The molecule has 4 heteroatoms. The summed E-state index contributed by atoms with van der Waals surface area (Å²) in [6, 6.07) is 21.1. The third-order valence-electron chi connectivity index (χ3n) is 3.33. The number of pyridine rings is 1. The van der Waals surface area contributed by atoms with Crippen LogP contribution in [0.3, 0.4) is 0 Å². The van der Waals surface area contributed by atoms with Crippen LogP contribution in [-0.4, -0.2) is 10.9 Å². The van der Waals surface area contributed by atoms with Crippen LogP contribution >= 0.6 is 0 Å². The summed E-state index contributed by atoms with van der Waals surface area (Å²) < 4.78 is 0. The Morgan fingerprint density at radius 3 is 2.05 bits per heavy atom. The Morgan fingerprint density at radius 1 is 0.818 bits per heavy atom. The molecule has 0 radical (unpaired) electrons. The van der Waals surface area contributed by atoms with Crippen molar-refractivity contribution in [2.24, 2.45) is 5.73 Å². The summed E-state index contributed by atoms with van der Waals surface area (Å²) in [5.41, 5.74) is 8.68. The maximum atomic E-state index is 11.2. The lowest BCUT2D eigenvalue weighted by atomic mass is 10.1. The number of carbonyl (C=O) groups excluding carboxylic acids is 1. The average Bonchev–Trinajstić information content (AvgIpc) is 2.57. The number of amides is 1. The molecule has 2 N–H and O–H groups in total. The van der Waals surface area contributed by atoms with Crippen LogP contribution in [0.4, 0.5) is 17.1 Å². The van der Waals surface area contributed by atoms with E-state index < -0.39 is 5.91 Å². The summed E-state index contributed by atoms with van der Waals surface area (Å²) in [6.45, 7) is 0. The molecule has 0 spiro atoms. The number of benzene rings is 2. The molecule has 0 aliphatic heterocycles. The first-order chi connectivity index (χ1) is 10.8. The van der Waals surface area contributed by atoms with Gasteiger partial charge < -0.3 is 10.6 Å². The molecule has 0 fully saturated rings. The van der Waals surface area contributed by atoms with E-state index in [0.717, 1.165) is 17.1 Å². The molecule has 108 valence electrons. The fourth-order valence-corrected chi connectivity index (χ4v) is 2.29. The Bertz CT molecular complexity index is 716. The van der Waals surface area contributed by atoms with Crippen molar-refractivity contribution in [2.45, 2.75) is 0 Å². The maximum absolute atomic E-state index is 11.2. The molecule has 0 aliphatic carbocycles. The first-order valence-corrected chi connectivity index (χ1v) is 6.91. The quantitative estimate of drug-likeness (QED) is 0.797. The number of para-hydroxylation sites is 1. The van der Waals surface area contributed by atoms with E-state index in [0.29, 0.717) is 5.56 Å². The molecular weight excluding hydrogens is 274 g/mol. The zero-order valence-electron chi connectivity index (χ0n) is 11.9. The number of hydrogen-bond acceptors (Lipinski definition) is 3. The minimum absolute atomic E-state index is 0.431. The lowest BCUT2D eigenvalue weighted by Crippen LogP contribution is -2.12. The summed E-state index contributed by atoms with van der Waals surface area (Å²) in [5, 5.41) is 0. The van der Waals surface area contributed by atoms with Crippen molar-refractivity contribution in [3.8, 4) is 0 Å². The van der Waals surface area contributed by atoms with E-state index >= 15 is 0 Å². The second-order valence-corrected chi connectivity index (χ2v) is 4.79. The van der Waals surface area contributed by atoms with Crippen LogP contribution in [0, 0.1) is 0 Å². The van der Waals surface area contributed by atoms with Crippen molar-refractivity contribution in [1.82, 2.24) is 4.98 Å². The molecule has 3 rings (SSSR count). The van der Waals surface area contributed by atoms with Gasteiger partial charge in [0, 0.05) is 23.1 Å². The van der Waals surface area contributed by atoms with Crippen LogP contribution in [0.5, 0.6) is 0 Å². The van der Waals surface area contributed by atoms with Gasteiger partial charge in [-0.15, -0.1) is 0 Å². The van der Waals surface area contributed by atoms with E-state index in [1.165, 1.54) is 0 Å². The highest BCUT2D eigenvalue weighted by Gasteiger charge is 2.12. The molecule has 0 bridgehead atoms. The number of nitrogens with zero attached hydrogens (tertiary/aromatic N) is 2. The van der Waals surface area contributed by atoms with Crippen molar-refractivity contribution < 1.29 is 4.79 Å². The third-order valence-corrected chi connectivity index (χ3v) is 3.33. The van der Waals surface area contributed by atoms with Crippen molar-refractivity contribution >= 4 is 23.0 Å². The maximum Gasteiger partial charge on any atom is 0.248 e. The molecule has 3 aromatic rings. The average molecular weight is 289 g/mol. The van der Waals surface area contributed by atoms with Gasteiger partial charge in [-0.05, 0) is 48.5 Å². The van der Waals surface area contributed by atoms with E-state index in [9.17, 15) is 4.79 Å². The van der Waals surface area contributed by atoms with E-state index in [1.54, 1.807) is 24.5 Å². The van der Waals surface area contributed by atoms with E-state index in [1.807, 2.05) is 54.6 Å². The van der Waals surface area contributed by atoms with Crippen LogP contribution in [0.1, 0.15) is 10.4 Å². The van der Waals surface area contributed by atoms with Crippen LogP contribution < -0.4 is 10.6 Å². The number of rotatable bonds is 4. The molecule has 1 heterocycles. The molecule has 1 aromatic heterocycles. The van der Waals surface area contributed by atoms with Gasteiger partial charge >= 0.3 is 0 Å². The van der Waals surface area contributed by atoms with Gasteiger partial charge in [0.2, 0.25) is 5.91 Å². The zero-order valence-corrected chi connectivity index (χ0v) is 11.9. The fourth-order valence-electron chi connectivity index (χ4n) is 2.29. The number of hydrogen-bond donors (Lipinski definition) is 1. The molecule has 22 heavy (non-hydrogen) atoms. The first kappa shape index (κ1) is 13.8. The lowest BCUT2D eigenvalue weighted by Gasteiger charge is -2.25. The fraction of sp³-hybridized carbons (Fsp3) is 0. The van der Waals surface area contributed by atoms with Crippen LogP contribution in [0.25, 0.3) is 0 Å².